The lowest BCUT2D eigenvalue weighted by Crippen LogP contribution is -2.68. The second kappa shape index (κ2) is 9.16. The van der Waals surface area contributed by atoms with Crippen molar-refractivity contribution in [3.63, 3.8) is 0 Å². The molecule has 0 radical (unpaired) electrons. The van der Waals surface area contributed by atoms with E-state index in [1.54, 1.807) is 13.8 Å². The van der Waals surface area contributed by atoms with Gasteiger partial charge in [0.2, 0.25) is 0 Å². The number of ether oxygens (including phenoxy) is 3. The zero-order chi connectivity index (χ0) is 33.0. The van der Waals surface area contributed by atoms with E-state index >= 15 is 0 Å². The molecule has 0 saturated heterocycles. The molecule has 8 rings (SSSR count). The topological polar surface area (TPSA) is 101 Å². The number of aliphatic hydroxyl groups is 2. The van der Waals surface area contributed by atoms with Crippen LogP contribution in [-0.4, -0.2) is 61.9 Å². The first-order chi connectivity index (χ1) is 21.3. The van der Waals surface area contributed by atoms with Crippen LogP contribution in [-0.2, 0) is 37.3 Å². The first-order valence-corrected chi connectivity index (χ1v) is 17.4. The summed E-state index contributed by atoms with van der Waals surface area (Å²) in [7, 11) is 0. The lowest BCUT2D eigenvalue weighted by molar-refractivity contribution is -0.214. The molecule has 248 valence electrons. The second-order valence-corrected chi connectivity index (χ2v) is 17.5. The number of benzene rings is 1. The maximum Gasteiger partial charge on any atom is 0.303 e. The van der Waals surface area contributed by atoms with Crippen LogP contribution in [0.15, 0.2) is 29.9 Å². The quantitative estimate of drug-likeness (QED) is 0.260. The molecule has 0 spiro atoms. The zero-order valence-corrected chi connectivity index (χ0v) is 29.0. The number of esters is 1. The van der Waals surface area contributed by atoms with Crippen LogP contribution >= 0.6 is 0 Å². The maximum absolute atomic E-state index is 13.0. The predicted molar refractivity (Wildman–Crippen MR) is 177 cm³/mol. The van der Waals surface area contributed by atoms with Crippen LogP contribution in [0.5, 0.6) is 0 Å². The summed E-state index contributed by atoms with van der Waals surface area (Å²) >= 11 is 0. The van der Waals surface area contributed by atoms with Gasteiger partial charge in [0.1, 0.15) is 12.2 Å². The van der Waals surface area contributed by atoms with Crippen molar-refractivity contribution in [3.8, 4) is 0 Å². The molecular formula is C39H51NO6. The van der Waals surface area contributed by atoms with E-state index in [0.717, 1.165) is 37.7 Å². The highest BCUT2D eigenvalue weighted by Crippen LogP contribution is 2.69. The largest absolute Gasteiger partial charge is 0.455 e. The van der Waals surface area contributed by atoms with Gasteiger partial charge in [-0.1, -0.05) is 13.8 Å². The van der Waals surface area contributed by atoms with Crippen molar-refractivity contribution in [1.29, 1.82) is 0 Å². The molecule has 0 bridgehead atoms. The lowest BCUT2D eigenvalue weighted by Gasteiger charge is -2.65. The van der Waals surface area contributed by atoms with Crippen molar-refractivity contribution in [3.05, 3.63) is 52.2 Å². The van der Waals surface area contributed by atoms with E-state index in [9.17, 15) is 15.0 Å². The molecule has 0 unspecified atom stereocenters. The fraction of sp³-hybridized carbons (Fsp3) is 0.667. The molecule has 2 aliphatic heterocycles. The van der Waals surface area contributed by atoms with Gasteiger partial charge in [-0.25, -0.2) is 0 Å². The molecule has 6 aliphatic rings. The van der Waals surface area contributed by atoms with E-state index in [4.69, 9.17) is 14.2 Å². The number of aromatic nitrogens is 1. The Balaban J connectivity index is 1.23. The van der Waals surface area contributed by atoms with Gasteiger partial charge >= 0.3 is 5.97 Å². The fourth-order valence-corrected chi connectivity index (χ4v) is 11.3. The third-order valence-electron chi connectivity index (χ3n) is 13.5. The van der Waals surface area contributed by atoms with E-state index in [2.05, 4.69) is 64.7 Å². The Bertz CT molecular complexity index is 1740. The molecule has 7 heteroatoms. The number of fused-ring (bicyclic) bond motifs is 12. The number of hydrogen-bond donors (Lipinski definition) is 3. The van der Waals surface area contributed by atoms with Crippen molar-refractivity contribution in [2.24, 2.45) is 17.3 Å². The van der Waals surface area contributed by atoms with Gasteiger partial charge in [0.05, 0.1) is 28.5 Å². The van der Waals surface area contributed by atoms with Crippen LogP contribution in [0.25, 0.3) is 16.5 Å². The molecule has 3 heterocycles. The first-order valence-electron chi connectivity index (χ1n) is 17.4. The highest BCUT2D eigenvalue weighted by molar-refractivity contribution is 5.92. The van der Waals surface area contributed by atoms with Crippen LogP contribution in [0, 0.1) is 17.3 Å². The predicted octanol–water partition coefficient (Wildman–Crippen LogP) is 6.46. The van der Waals surface area contributed by atoms with E-state index in [-0.39, 0.29) is 22.7 Å². The third kappa shape index (κ3) is 3.89. The first kappa shape index (κ1) is 30.9. The summed E-state index contributed by atoms with van der Waals surface area (Å²) in [5.41, 5.74) is 5.17. The highest BCUT2D eigenvalue weighted by atomic mass is 16.6. The number of H-pyrrole nitrogens is 1. The second-order valence-electron chi connectivity index (χ2n) is 17.5. The average molecular weight is 630 g/mol. The number of aromatic amines is 1. The molecule has 2 fully saturated rings. The summed E-state index contributed by atoms with van der Waals surface area (Å²) < 4.78 is 18.8. The number of carbonyl (C=O) groups is 1. The Morgan fingerprint density at radius 3 is 2.50 bits per heavy atom. The van der Waals surface area contributed by atoms with Gasteiger partial charge in [-0.15, -0.1) is 0 Å². The number of carbonyl (C=O) groups excluding carboxylic acids is 1. The SMILES string of the molecule is CC(=O)O[C@@H]1C=C2[C@H](CC[C@@]3(C)[C@@]2(O)CC[C@H]2Cc4c([nH]c5cc6c(cc45)C[C@@H]4C6=CC(C)(C)OC4(C)C)[C@@]23C)O[C@@H]1C(C)(C)O. The third-order valence-corrected chi connectivity index (χ3v) is 13.5. The standard InChI is InChI=1S/C39H51NO6/c1-20(41)44-31-18-28-30(45-33(31)35(4,5)42)11-12-37(8)38(9)22(10-13-39(28,37)43)16-25-24-14-21-15-27-26(19-34(2,3)46-36(27,6)7)23(21)17-29(24)40-32(25)38/h14,17-19,22,27,30-31,33,40,42-43H,10-13,15-16H2,1-9H3/t22-,27+,30-,31+,33-,37+,38+,39+/m0/s1. The average Bonchev–Trinajstić information content (AvgIpc) is 3.56. The molecule has 0 amide bonds. The van der Waals surface area contributed by atoms with Crippen LogP contribution in [0.3, 0.4) is 0 Å². The van der Waals surface area contributed by atoms with Crippen molar-refractivity contribution in [2.75, 3.05) is 0 Å². The molecule has 8 atom stereocenters. The zero-order valence-electron chi connectivity index (χ0n) is 29.0. The van der Waals surface area contributed by atoms with Crippen LogP contribution in [0.2, 0.25) is 0 Å². The van der Waals surface area contributed by atoms with Gasteiger partial charge < -0.3 is 29.4 Å². The molecule has 1 aromatic heterocycles. The number of hydrogen-bond acceptors (Lipinski definition) is 6. The molecule has 2 saturated carbocycles. The minimum Gasteiger partial charge on any atom is -0.455 e. The Labute approximate surface area is 272 Å². The molecule has 1 aromatic carbocycles. The van der Waals surface area contributed by atoms with Gasteiger partial charge in [0.25, 0.3) is 0 Å². The number of rotatable bonds is 2. The Morgan fingerprint density at radius 2 is 1.80 bits per heavy atom. The highest BCUT2D eigenvalue weighted by Gasteiger charge is 2.70. The molecule has 4 aliphatic carbocycles. The van der Waals surface area contributed by atoms with Gasteiger partial charge in [-0.05, 0) is 138 Å². The summed E-state index contributed by atoms with van der Waals surface area (Å²) in [5, 5.41) is 25.3. The van der Waals surface area contributed by atoms with E-state index in [1.807, 2.05) is 6.08 Å². The van der Waals surface area contributed by atoms with E-state index in [1.165, 1.54) is 45.8 Å². The smallest absolute Gasteiger partial charge is 0.303 e. The maximum atomic E-state index is 13.0. The summed E-state index contributed by atoms with van der Waals surface area (Å²) in [5.74, 6) is 0.321. The van der Waals surface area contributed by atoms with E-state index < -0.39 is 34.8 Å². The summed E-state index contributed by atoms with van der Waals surface area (Å²) in [6.07, 6.45) is 7.49. The molecule has 7 nitrogen and oxygen atoms in total. The van der Waals surface area contributed by atoms with Crippen LogP contribution < -0.4 is 0 Å². The normalized spacial score (nSPS) is 40.1. The van der Waals surface area contributed by atoms with Crippen molar-refractivity contribution >= 4 is 22.4 Å². The van der Waals surface area contributed by atoms with Crippen molar-refractivity contribution < 1.29 is 29.2 Å². The molecular weight excluding hydrogens is 578 g/mol. The summed E-state index contributed by atoms with van der Waals surface area (Å²) in [6, 6.07) is 4.84. The van der Waals surface area contributed by atoms with Gasteiger partial charge in [0, 0.05) is 40.3 Å². The monoisotopic (exact) mass is 629 g/mol. The van der Waals surface area contributed by atoms with Gasteiger partial charge in [-0.3, -0.25) is 4.79 Å². The summed E-state index contributed by atoms with van der Waals surface area (Å²) in [4.78, 5) is 16.1. The van der Waals surface area contributed by atoms with Gasteiger partial charge in [0.15, 0.2) is 0 Å². The van der Waals surface area contributed by atoms with E-state index in [0.29, 0.717) is 18.3 Å². The van der Waals surface area contributed by atoms with Gasteiger partial charge in [-0.2, -0.15) is 0 Å². The minimum atomic E-state index is -1.22. The van der Waals surface area contributed by atoms with Crippen LogP contribution in [0.4, 0.5) is 0 Å². The Kier molecular flexibility index (Phi) is 6.14. The summed E-state index contributed by atoms with van der Waals surface area (Å²) in [6.45, 7) is 18.2. The van der Waals surface area contributed by atoms with Crippen molar-refractivity contribution in [1.82, 2.24) is 4.98 Å². The molecule has 2 aromatic rings. The van der Waals surface area contributed by atoms with Crippen molar-refractivity contribution in [2.45, 2.75) is 147 Å². The van der Waals surface area contributed by atoms with Crippen LogP contribution in [0.1, 0.15) is 110 Å². The number of nitrogens with one attached hydrogen (secondary N) is 1. The molecule has 3 N–H and O–H groups in total. The Morgan fingerprint density at radius 1 is 1.07 bits per heavy atom. The Hall–Kier alpha value is -2.45. The fourth-order valence-electron chi connectivity index (χ4n) is 11.3. The minimum absolute atomic E-state index is 0.235. The lowest BCUT2D eigenvalue weighted by atomic mass is 9.42. The molecule has 46 heavy (non-hydrogen) atoms.